The maximum absolute atomic E-state index is 11.5. The molecular formula is C19H24ClN2O2+. The molecule has 128 valence electrons. The Labute approximate surface area is 148 Å². The van der Waals surface area contributed by atoms with Crippen LogP contribution in [0.5, 0.6) is 5.75 Å². The lowest BCUT2D eigenvalue weighted by molar-refractivity contribution is -0.894. The molecule has 4 nitrogen and oxygen atoms in total. The number of halogens is 1. The van der Waals surface area contributed by atoms with Gasteiger partial charge in [-0.15, -0.1) is 0 Å². The van der Waals surface area contributed by atoms with Crippen LogP contribution in [0, 0.1) is 0 Å². The number of rotatable bonds is 8. The summed E-state index contributed by atoms with van der Waals surface area (Å²) in [5, 5.41) is 3.34. The van der Waals surface area contributed by atoms with Crippen molar-refractivity contribution in [1.82, 2.24) is 5.32 Å². The van der Waals surface area contributed by atoms with Gasteiger partial charge in [0.05, 0.1) is 20.2 Å². The number of ether oxygens (including phenoxy) is 1. The Balaban J connectivity index is 1.70. The third-order valence-corrected chi connectivity index (χ3v) is 4.03. The molecule has 2 rings (SSSR count). The Morgan fingerprint density at radius 2 is 1.79 bits per heavy atom. The zero-order valence-electron chi connectivity index (χ0n) is 14.1. The minimum atomic E-state index is -0.0541. The van der Waals surface area contributed by atoms with Crippen molar-refractivity contribution in [2.45, 2.75) is 13.0 Å². The highest BCUT2D eigenvalue weighted by Crippen LogP contribution is 2.15. The van der Waals surface area contributed by atoms with Gasteiger partial charge in [-0.1, -0.05) is 23.7 Å². The van der Waals surface area contributed by atoms with Crippen molar-refractivity contribution in [1.29, 1.82) is 0 Å². The van der Waals surface area contributed by atoms with Crippen LogP contribution >= 0.6 is 11.6 Å². The maximum Gasteiger partial charge on any atom is 0.251 e. The van der Waals surface area contributed by atoms with Crippen molar-refractivity contribution >= 4 is 17.5 Å². The van der Waals surface area contributed by atoms with Gasteiger partial charge in [-0.25, -0.2) is 0 Å². The van der Waals surface area contributed by atoms with Crippen LogP contribution in [0.25, 0.3) is 0 Å². The number of benzene rings is 2. The second-order valence-electron chi connectivity index (χ2n) is 5.82. The van der Waals surface area contributed by atoms with Gasteiger partial charge in [0.15, 0.2) is 0 Å². The molecular weight excluding hydrogens is 324 g/mol. The van der Waals surface area contributed by atoms with Crippen molar-refractivity contribution in [3.8, 4) is 5.75 Å². The number of hydrogen-bond donors (Lipinski definition) is 2. The molecule has 2 aromatic carbocycles. The molecule has 5 heteroatoms. The van der Waals surface area contributed by atoms with E-state index in [1.54, 1.807) is 7.05 Å². The Hall–Kier alpha value is -2.04. The first-order valence-corrected chi connectivity index (χ1v) is 8.47. The van der Waals surface area contributed by atoms with E-state index in [4.69, 9.17) is 16.3 Å². The highest BCUT2D eigenvalue weighted by Gasteiger charge is 2.06. The Morgan fingerprint density at radius 1 is 1.12 bits per heavy atom. The van der Waals surface area contributed by atoms with Crippen molar-refractivity contribution in [2.75, 3.05) is 27.2 Å². The molecule has 2 N–H and O–H groups in total. The number of quaternary nitrogens is 1. The highest BCUT2D eigenvalue weighted by molar-refractivity contribution is 6.30. The molecule has 24 heavy (non-hydrogen) atoms. The summed E-state index contributed by atoms with van der Waals surface area (Å²) in [5.41, 5.74) is 1.91. The largest absolute Gasteiger partial charge is 0.493 e. The molecule has 0 spiro atoms. The van der Waals surface area contributed by atoms with Gasteiger partial charge in [0.25, 0.3) is 5.91 Å². The van der Waals surface area contributed by atoms with Crippen molar-refractivity contribution in [3.63, 3.8) is 0 Å². The van der Waals surface area contributed by atoms with E-state index in [1.807, 2.05) is 48.5 Å². The summed E-state index contributed by atoms with van der Waals surface area (Å²) in [6.07, 6.45) is 0.977. The van der Waals surface area contributed by atoms with Gasteiger partial charge in [-0.2, -0.15) is 0 Å². The zero-order chi connectivity index (χ0) is 17.4. The molecule has 0 bridgehead atoms. The number of amides is 1. The number of hydrogen-bond acceptors (Lipinski definition) is 2. The van der Waals surface area contributed by atoms with E-state index in [9.17, 15) is 4.79 Å². The van der Waals surface area contributed by atoms with Gasteiger partial charge < -0.3 is 15.0 Å². The second-order valence-corrected chi connectivity index (χ2v) is 6.25. The summed E-state index contributed by atoms with van der Waals surface area (Å²) in [4.78, 5) is 12.9. The number of carbonyl (C=O) groups is 1. The van der Waals surface area contributed by atoms with Gasteiger partial charge in [0.2, 0.25) is 0 Å². The van der Waals surface area contributed by atoms with Crippen LogP contribution in [0.15, 0.2) is 48.5 Å². The molecule has 0 aliphatic carbocycles. The minimum absolute atomic E-state index is 0.0541. The van der Waals surface area contributed by atoms with E-state index >= 15 is 0 Å². The Morgan fingerprint density at radius 3 is 2.42 bits per heavy atom. The summed E-state index contributed by atoms with van der Waals surface area (Å²) < 4.78 is 5.70. The fourth-order valence-electron chi connectivity index (χ4n) is 2.45. The SMILES string of the molecule is CNC(=O)c1ccc(C[NH+](C)CCCOc2ccc(Cl)cc2)cc1. The molecule has 0 saturated carbocycles. The second kappa shape index (κ2) is 9.30. The molecule has 0 aliphatic heterocycles. The predicted molar refractivity (Wildman–Crippen MR) is 96.9 cm³/mol. The predicted octanol–water partition coefficient (Wildman–Crippen LogP) is 2.18. The Bertz CT molecular complexity index is 641. The molecule has 0 heterocycles. The van der Waals surface area contributed by atoms with E-state index in [0.717, 1.165) is 25.3 Å². The maximum atomic E-state index is 11.5. The molecule has 2 aromatic rings. The third-order valence-electron chi connectivity index (χ3n) is 3.78. The minimum Gasteiger partial charge on any atom is -0.493 e. The lowest BCUT2D eigenvalue weighted by Crippen LogP contribution is -3.07. The normalized spacial score (nSPS) is 11.8. The molecule has 1 unspecified atom stereocenters. The van der Waals surface area contributed by atoms with Crippen LogP contribution < -0.4 is 15.0 Å². The third kappa shape index (κ3) is 5.87. The van der Waals surface area contributed by atoms with Crippen LogP contribution in [0.4, 0.5) is 0 Å². The van der Waals surface area contributed by atoms with Gasteiger partial charge >= 0.3 is 0 Å². The highest BCUT2D eigenvalue weighted by atomic mass is 35.5. The van der Waals surface area contributed by atoms with E-state index in [0.29, 0.717) is 17.2 Å². The fraction of sp³-hybridized carbons (Fsp3) is 0.316. The summed E-state index contributed by atoms with van der Waals surface area (Å²) in [6.45, 7) is 2.63. The molecule has 0 aliphatic rings. The smallest absolute Gasteiger partial charge is 0.251 e. The molecule has 0 fully saturated rings. The lowest BCUT2D eigenvalue weighted by Gasteiger charge is -2.14. The monoisotopic (exact) mass is 347 g/mol. The first-order valence-electron chi connectivity index (χ1n) is 8.09. The van der Waals surface area contributed by atoms with E-state index in [1.165, 1.54) is 10.5 Å². The first kappa shape index (κ1) is 18.3. The number of nitrogens with one attached hydrogen (secondary N) is 2. The lowest BCUT2D eigenvalue weighted by atomic mass is 10.1. The topological polar surface area (TPSA) is 42.8 Å². The van der Waals surface area contributed by atoms with E-state index in [2.05, 4.69) is 12.4 Å². The van der Waals surface area contributed by atoms with Crippen LogP contribution in [0.1, 0.15) is 22.3 Å². The fourth-order valence-corrected chi connectivity index (χ4v) is 2.58. The zero-order valence-corrected chi connectivity index (χ0v) is 14.9. The van der Waals surface area contributed by atoms with Crippen molar-refractivity contribution < 1.29 is 14.4 Å². The first-order chi connectivity index (χ1) is 11.6. The standard InChI is InChI=1S/C19H23ClN2O2/c1-21-19(23)16-6-4-15(5-7-16)14-22(2)12-3-13-24-18-10-8-17(20)9-11-18/h4-11H,3,12-14H2,1-2H3,(H,21,23)/p+1. The van der Waals surface area contributed by atoms with Crippen LogP contribution in [0.2, 0.25) is 5.02 Å². The van der Waals surface area contributed by atoms with Crippen LogP contribution in [-0.4, -0.2) is 33.2 Å². The van der Waals surface area contributed by atoms with Gasteiger partial charge in [0.1, 0.15) is 12.3 Å². The summed E-state index contributed by atoms with van der Waals surface area (Å²) in [7, 11) is 3.80. The van der Waals surface area contributed by atoms with Gasteiger partial charge in [0, 0.05) is 29.6 Å². The summed E-state index contributed by atoms with van der Waals surface area (Å²) in [6, 6.07) is 15.2. The molecule has 1 atom stereocenters. The quantitative estimate of drug-likeness (QED) is 0.719. The summed E-state index contributed by atoms with van der Waals surface area (Å²) >= 11 is 5.85. The van der Waals surface area contributed by atoms with Crippen molar-refractivity contribution in [2.24, 2.45) is 0 Å². The average Bonchev–Trinajstić information content (AvgIpc) is 2.60. The van der Waals surface area contributed by atoms with Crippen molar-refractivity contribution in [3.05, 3.63) is 64.7 Å². The average molecular weight is 348 g/mol. The number of carbonyl (C=O) groups excluding carboxylic acids is 1. The van der Waals surface area contributed by atoms with E-state index in [-0.39, 0.29) is 5.91 Å². The molecule has 0 radical (unpaired) electrons. The van der Waals surface area contributed by atoms with E-state index < -0.39 is 0 Å². The molecule has 0 aromatic heterocycles. The molecule has 1 amide bonds. The summed E-state index contributed by atoms with van der Waals surface area (Å²) in [5.74, 6) is 0.795. The van der Waals surface area contributed by atoms with Crippen LogP contribution in [0.3, 0.4) is 0 Å². The van der Waals surface area contributed by atoms with Gasteiger partial charge in [-0.05, 0) is 36.4 Å². The van der Waals surface area contributed by atoms with Crippen LogP contribution in [-0.2, 0) is 6.54 Å². The Kier molecular flexibility index (Phi) is 7.09. The molecule has 0 saturated heterocycles. The van der Waals surface area contributed by atoms with Gasteiger partial charge in [-0.3, -0.25) is 4.79 Å².